The van der Waals surface area contributed by atoms with E-state index < -0.39 is 0 Å². The fourth-order valence-electron chi connectivity index (χ4n) is 5.86. The van der Waals surface area contributed by atoms with Crippen LogP contribution in [-0.4, -0.2) is 18.4 Å². The molecule has 0 unspecified atom stereocenters. The lowest BCUT2D eigenvalue weighted by Gasteiger charge is -2.56. The van der Waals surface area contributed by atoms with Crippen molar-refractivity contribution in [1.29, 1.82) is 0 Å². The number of hydrogen-bond acceptors (Lipinski definition) is 2. The molecular formula is C20H25BrN2O2. The van der Waals surface area contributed by atoms with Gasteiger partial charge in [-0.25, -0.2) is 0 Å². The molecule has 0 saturated heterocycles. The highest BCUT2D eigenvalue weighted by Gasteiger charge is 2.51. The largest absolute Gasteiger partial charge is 0.347 e. The van der Waals surface area contributed by atoms with Crippen LogP contribution in [0.1, 0.15) is 44.9 Å². The van der Waals surface area contributed by atoms with Gasteiger partial charge in [0, 0.05) is 16.6 Å². The maximum absolute atomic E-state index is 12.4. The highest BCUT2D eigenvalue weighted by molar-refractivity contribution is 9.10. The van der Waals surface area contributed by atoms with Crippen LogP contribution in [0.25, 0.3) is 0 Å². The number of carbonyl (C=O) groups is 2. The lowest BCUT2D eigenvalue weighted by Crippen LogP contribution is -2.48. The lowest BCUT2D eigenvalue weighted by molar-refractivity contribution is -0.131. The van der Waals surface area contributed by atoms with E-state index in [1.165, 1.54) is 38.5 Å². The average Bonchev–Trinajstić information content (AvgIpc) is 2.51. The van der Waals surface area contributed by atoms with Crippen LogP contribution in [-0.2, 0) is 9.59 Å². The first-order valence-electron chi connectivity index (χ1n) is 9.32. The monoisotopic (exact) mass is 404 g/mol. The van der Waals surface area contributed by atoms with Gasteiger partial charge in [-0.15, -0.1) is 0 Å². The number of amides is 2. The van der Waals surface area contributed by atoms with Crippen LogP contribution in [0, 0.1) is 23.2 Å². The number of hydrogen-bond donors (Lipinski definition) is 2. The summed E-state index contributed by atoms with van der Waals surface area (Å²) in [4.78, 5) is 24.5. The van der Waals surface area contributed by atoms with Crippen molar-refractivity contribution in [3.8, 4) is 0 Å². The van der Waals surface area contributed by atoms with Crippen molar-refractivity contribution < 1.29 is 9.59 Å². The first kappa shape index (κ1) is 17.1. The van der Waals surface area contributed by atoms with Crippen LogP contribution >= 0.6 is 15.9 Å². The Morgan fingerprint density at radius 2 is 1.68 bits per heavy atom. The van der Waals surface area contributed by atoms with Crippen molar-refractivity contribution >= 4 is 33.4 Å². The first-order chi connectivity index (χ1) is 12.0. The number of carbonyl (C=O) groups excluding carboxylic acids is 2. The van der Waals surface area contributed by atoms with E-state index in [2.05, 4.69) is 26.6 Å². The minimum absolute atomic E-state index is 0.0337. The summed E-state index contributed by atoms with van der Waals surface area (Å²) in [5.41, 5.74) is 0.953. The molecule has 134 valence electrons. The Kier molecular flexibility index (Phi) is 4.61. The summed E-state index contributed by atoms with van der Waals surface area (Å²) >= 11 is 3.38. The number of benzene rings is 1. The molecule has 4 bridgehead atoms. The van der Waals surface area contributed by atoms with Crippen molar-refractivity contribution in [2.24, 2.45) is 23.2 Å². The quantitative estimate of drug-likeness (QED) is 0.775. The maximum Gasteiger partial charge on any atom is 0.243 e. The van der Waals surface area contributed by atoms with Gasteiger partial charge in [-0.3, -0.25) is 9.59 Å². The summed E-state index contributed by atoms with van der Waals surface area (Å²) in [7, 11) is 0. The zero-order valence-electron chi connectivity index (χ0n) is 14.4. The van der Waals surface area contributed by atoms with Gasteiger partial charge >= 0.3 is 0 Å². The molecule has 1 aromatic rings. The normalized spacial score (nSPS) is 32.4. The molecule has 2 N–H and O–H groups in total. The highest BCUT2D eigenvalue weighted by Crippen LogP contribution is 2.61. The standard InChI is InChI=1S/C20H25BrN2O2/c21-16-2-1-3-17(7-16)23-19(25)12-22-18(24)11-20-8-13-4-14(9-20)6-15(5-13)10-20/h1-3,7,13-15H,4-6,8-12H2,(H,22,24)(H,23,25). The van der Waals surface area contributed by atoms with Crippen molar-refractivity contribution in [3.63, 3.8) is 0 Å². The van der Waals surface area contributed by atoms with Crippen molar-refractivity contribution in [1.82, 2.24) is 5.32 Å². The predicted molar refractivity (Wildman–Crippen MR) is 101 cm³/mol. The minimum atomic E-state index is -0.183. The van der Waals surface area contributed by atoms with E-state index in [4.69, 9.17) is 0 Å². The Balaban J connectivity index is 1.27. The molecule has 2 amide bonds. The fourth-order valence-corrected chi connectivity index (χ4v) is 6.26. The summed E-state index contributed by atoms with van der Waals surface area (Å²) in [6.45, 7) is 0.0394. The van der Waals surface area contributed by atoms with Crippen LogP contribution < -0.4 is 10.6 Å². The molecule has 0 aromatic heterocycles. The van der Waals surface area contributed by atoms with E-state index >= 15 is 0 Å². The van der Waals surface area contributed by atoms with Crippen molar-refractivity contribution in [3.05, 3.63) is 28.7 Å². The van der Waals surface area contributed by atoms with Gasteiger partial charge in [0.1, 0.15) is 0 Å². The van der Waals surface area contributed by atoms with E-state index in [1.54, 1.807) is 0 Å². The van der Waals surface area contributed by atoms with Gasteiger partial charge in [-0.2, -0.15) is 0 Å². The molecule has 0 aliphatic heterocycles. The average molecular weight is 405 g/mol. The Bertz CT molecular complexity index is 653. The number of anilines is 1. The second-order valence-corrected chi connectivity index (χ2v) is 9.35. The summed E-state index contributed by atoms with van der Waals surface area (Å²) in [5, 5.41) is 5.64. The van der Waals surface area contributed by atoms with Crippen LogP contribution in [0.2, 0.25) is 0 Å². The molecule has 25 heavy (non-hydrogen) atoms. The molecule has 4 fully saturated rings. The van der Waals surface area contributed by atoms with E-state index in [0.717, 1.165) is 27.9 Å². The van der Waals surface area contributed by atoms with Crippen molar-refractivity contribution in [2.75, 3.05) is 11.9 Å². The molecule has 0 radical (unpaired) electrons. The second kappa shape index (κ2) is 6.75. The van der Waals surface area contributed by atoms with Gasteiger partial charge in [0.05, 0.1) is 6.54 Å². The summed E-state index contributed by atoms with van der Waals surface area (Å²) in [5.74, 6) is 2.39. The minimum Gasteiger partial charge on any atom is -0.347 e. The lowest BCUT2D eigenvalue weighted by atomic mass is 9.49. The smallest absolute Gasteiger partial charge is 0.243 e. The summed E-state index contributed by atoms with van der Waals surface area (Å²) < 4.78 is 0.913. The Hall–Kier alpha value is -1.36. The zero-order chi connectivity index (χ0) is 17.4. The summed E-state index contributed by atoms with van der Waals surface area (Å²) in [6.07, 6.45) is 8.41. The van der Waals surface area contributed by atoms with Crippen LogP contribution in [0.15, 0.2) is 28.7 Å². The van der Waals surface area contributed by atoms with Gasteiger partial charge in [0.15, 0.2) is 0 Å². The third kappa shape index (κ3) is 3.91. The van der Waals surface area contributed by atoms with E-state index in [1.807, 2.05) is 24.3 Å². The third-order valence-corrected chi connectivity index (χ3v) is 6.75. The van der Waals surface area contributed by atoms with Crippen LogP contribution in [0.5, 0.6) is 0 Å². The number of rotatable bonds is 5. The second-order valence-electron chi connectivity index (χ2n) is 8.43. The SMILES string of the molecule is O=C(CC12CC3CC(CC(C3)C1)C2)NCC(=O)Nc1cccc(Br)c1. The van der Waals surface area contributed by atoms with Crippen molar-refractivity contribution in [2.45, 2.75) is 44.9 Å². The van der Waals surface area contributed by atoms with E-state index in [0.29, 0.717) is 6.42 Å². The van der Waals surface area contributed by atoms with Gasteiger partial charge < -0.3 is 10.6 Å². The predicted octanol–water partition coefficient (Wildman–Crippen LogP) is 4.11. The van der Waals surface area contributed by atoms with Gasteiger partial charge in [0.2, 0.25) is 11.8 Å². The first-order valence-corrected chi connectivity index (χ1v) is 10.1. The van der Waals surface area contributed by atoms with Gasteiger partial charge in [-0.05, 0) is 79.9 Å². The number of halogens is 1. The fraction of sp³-hybridized carbons (Fsp3) is 0.600. The molecular weight excluding hydrogens is 380 g/mol. The zero-order valence-corrected chi connectivity index (χ0v) is 16.0. The molecule has 4 aliphatic rings. The van der Waals surface area contributed by atoms with E-state index in [-0.39, 0.29) is 23.8 Å². The van der Waals surface area contributed by atoms with Gasteiger partial charge in [-0.1, -0.05) is 22.0 Å². The summed E-state index contributed by atoms with van der Waals surface area (Å²) in [6, 6.07) is 7.45. The molecule has 1 aromatic carbocycles. The molecule has 0 atom stereocenters. The Labute approximate surface area is 157 Å². The maximum atomic E-state index is 12.4. The molecule has 4 nitrogen and oxygen atoms in total. The molecule has 0 heterocycles. The highest BCUT2D eigenvalue weighted by atomic mass is 79.9. The van der Waals surface area contributed by atoms with E-state index in [9.17, 15) is 9.59 Å². The Morgan fingerprint density at radius 3 is 2.28 bits per heavy atom. The molecule has 0 spiro atoms. The number of nitrogens with one attached hydrogen (secondary N) is 2. The Morgan fingerprint density at radius 1 is 1.04 bits per heavy atom. The topological polar surface area (TPSA) is 58.2 Å². The molecule has 5 heteroatoms. The van der Waals surface area contributed by atoms with Crippen LogP contribution in [0.4, 0.5) is 5.69 Å². The van der Waals surface area contributed by atoms with Crippen LogP contribution in [0.3, 0.4) is 0 Å². The molecule has 4 aliphatic carbocycles. The van der Waals surface area contributed by atoms with Gasteiger partial charge in [0.25, 0.3) is 0 Å². The molecule has 5 rings (SSSR count). The third-order valence-electron chi connectivity index (χ3n) is 6.26. The molecule has 4 saturated carbocycles.